The third-order valence-electron chi connectivity index (χ3n) is 6.02. The summed E-state index contributed by atoms with van der Waals surface area (Å²) >= 11 is 0. The first-order chi connectivity index (χ1) is 10.2. The van der Waals surface area contributed by atoms with Gasteiger partial charge in [-0.25, -0.2) is 0 Å². The molecule has 4 unspecified atom stereocenters. The number of phenols is 1. The van der Waals surface area contributed by atoms with Crippen LogP contribution in [0, 0.1) is 5.92 Å². The average Bonchev–Trinajstić information content (AvgIpc) is 2.46. The molecule has 4 nitrogen and oxygen atoms in total. The van der Waals surface area contributed by atoms with Crippen molar-refractivity contribution in [1.29, 1.82) is 0 Å². The third kappa shape index (κ3) is 1.68. The van der Waals surface area contributed by atoms with E-state index in [1.54, 1.807) is 6.07 Å². The molecule has 1 aromatic rings. The number of nitrogens with zero attached hydrogens (tertiary/aromatic N) is 1. The number of aliphatic hydroxyl groups is 1. The number of hydrogen-bond donors (Lipinski definition) is 2. The molecule has 21 heavy (non-hydrogen) atoms. The van der Waals surface area contributed by atoms with Gasteiger partial charge in [-0.1, -0.05) is 12.1 Å². The number of aliphatic hydroxyl groups excluding tert-OH is 1. The van der Waals surface area contributed by atoms with E-state index in [9.17, 15) is 15.0 Å². The lowest BCUT2D eigenvalue weighted by Gasteiger charge is -2.59. The minimum atomic E-state index is -0.296. The fourth-order valence-electron chi connectivity index (χ4n) is 5.26. The van der Waals surface area contributed by atoms with Crippen LogP contribution in [0.3, 0.4) is 0 Å². The zero-order valence-electron chi connectivity index (χ0n) is 12.0. The molecule has 1 heterocycles. The van der Waals surface area contributed by atoms with E-state index in [0.29, 0.717) is 18.1 Å². The first-order valence-electron chi connectivity index (χ1n) is 7.86. The number of carbonyl (C=O) groups excluding carboxylic acids is 1. The van der Waals surface area contributed by atoms with Crippen molar-refractivity contribution in [3.63, 3.8) is 0 Å². The van der Waals surface area contributed by atoms with Gasteiger partial charge in [-0.3, -0.25) is 4.79 Å². The maximum absolute atomic E-state index is 11.4. The number of hydrogen-bond acceptors (Lipinski definition) is 3. The Morgan fingerprint density at radius 3 is 3.00 bits per heavy atom. The molecule has 2 N–H and O–H groups in total. The van der Waals surface area contributed by atoms with Crippen molar-refractivity contribution in [2.75, 3.05) is 6.54 Å². The Morgan fingerprint density at radius 1 is 1.33 bits per heavy atom. The Balaban J connectivity index is 1.91. The van der Waals surface area contributed by atoms with Crippen molar-refractivity contribution in [3.8, 4) is 5.75 Å². The Morgan fingerprint density at radius 2 is 2.19 bits per heavy atom. The maximum Gasteiger partial charge on any atom is 0.209 e. The van der Waals surface area contributed by atoms with Gasteiger partial charge in [0, 0.05) is 23.6 Å². The summed E-state index contributed by atoms with van der Waals surface area (Å²) in [5.41, 5.74) is 2.05. The van der Waals surface area contributed by atoms with E-state index in [1.807, 2.05) is 11.0 Å². The number of piperidine rings is 1. The molecule has 1 saturated heterocycles. The molecule has 0 aromatic heterocycles. The summed E-state index contributed by atoms with van der Waals surface area (Å²) in [6.07, 6.45) is 4.80. The molecule has 1 amide bonds. The number of rotatable bonds is 1. The van der Waals surface area contributed by atoms with Crippen molar-refractivity contribution in [2.45, 2.75) is 49.7 Å². The molecular weight excluding hydrogens is 266 g/mol. The zero-order chi connectivity index (χ0) is 14.6. The minimum absolute atomic E-state index is 0.152. The summed E-state index contributed by atoms with van der Waals surface area (Å²) in [6.45, 7) is 0.727. The number of fused-ring (bicyclic) bond motifs is 1. The largest absolute Gasteiger partial charge is 0.508 e. The molecule has 4 rings (SSSR count). The number of carbonyl (C=O) groups is 1. The van der Waals surface area contributed by atoms with Crippen LogP contribution in [0.2, 0.25) is 0 Å². The summed E-state index contributed by atoms with van der Waals surface area (Å²) in [7, 11) is 0. The summed E-state index contributed by atoms with van der Waals surface area (Å²) in [6, 6.07) is 5.93. The first kappa shape index (κ1) is 13.1. The Kier molecular flexibility index (Phi) is 2.80. The quantitative estimate of drug-likeness (QED) is 0.771. The van der Waals surface area contributed by atoms with Crippen molar-refractivity contribution in [3.05, 3.63) is 29.3 Å². The van der Waals surface area contributed by atoms with Gasteiger partial charge in [-0.15, -0.1) is 0 Å². The Bertz CT molecular complexity index is 587. The van der Waals surface area contributed by atoms with Gasteiger partial charge in [0.25, 0.3) is 0 Å². The Hall–Kier alpha value is -1.55. The lowest BCUT2D eigenvalue weighted by atomic mass is 9.51. The highest BCUT2D eigenvalue weighted by Gasteiger charge is 2.56. The van der Waals surface area contributed by atoms with Crippen molar-refractivity contribution in [1.82, 2.24) is 4.90 Å². The standard InChI is InChI=1S/C17H21NO3/c19-10-18-7-6-17-9-12(20)4-5-13(17)14(18)8-11-2-1-3-15(21)16(11)17/h1-3,10,12-14,20-21H,4-9H2. The van der Waals surface area contributed by atoms with Crippen LogP contribution >= 0.6 is 0 Å². The molecule has 1 aromatic carbocycles. The molecule has 2 bridgehead atoms. The fraction of sp³-hybridized carbons (Fsp3) is 0.588. The highest BCUT2D eigenvalue weighted by atomic mass is 16.3. The van der Waals surface area contributed by atoms with Crippen LogP contribution in [0.1, 0.15) is 36.8 Å². The molecule has 4 heteroatoms. The topological polar surface area (TPSA) is 60.8 Å². The van der Waals surface area contributed by atoms with Crippen molar-refractivity contribution in [2.24, 2.45) is 5.92 Å². The van der Waals surface area contributed by atoms with Gasteiger partial charge < -0.3 is 15.1 Å². The molecule has 0 spiro atoms. The normalized spacial score (nSPS) is 37.6. The van der Waals surface area contributed by atoms with E-state index < -0.39 is 0 Å². The molecule has 0 radical (unpaired) electrons. The molecule has 112 valence electrons. The second-order valence-electron chi connectivity index (χ2n) is 6.87. The van der Waals surface area contributed by atoms with E-state index in [2.05, 4.69) is 6.07 Å². The van der Waals surface area contributed by atoms with Crippen LogP contribution in [0.15, 0.2) is 18.2 Å². The van der Waals surface area contributed by atoms with Gasteiger partial charge in [0.2, 0.25) is 6.41 Å². The third-order valence-corrected chi connectivity index (χ3v) is 6.02. The van der Waals surface area contributed by atoms with E-state index in [0.717, 1.165) is 49.8 Å². The van der Waals surface area contributed by atoms with Gasteiger partial charge in [-0.2, -0.15) is 0 Å². The second-order valence-corrected chi connectivity index (χ2v) is 6.87. The number of amides is 1. The molecule has 2 aliphatic carbocycles. The molecular formula is C17H21NO3. The van der Waals surface area contributed by atoms with Crippen molar-refractivity contribution >= 4 is 6.41 Å². The van der Waals surface area contributed by atoms with Crippen LogP contribution in [-0.4, -0.2) is 40.2 Å². The SMILES string of the molecule is O=CN1CCC23CC(O)CCC2C1Cc1cccc(O)c13. The van der Waals surface area contributed by atoms with Gasteiger partial charge in [0.05, 0.1) is 6.10 Å². The molecule has 1 aliphatic heterocycles. The molecule has 1 saturated carbocycles. The second kappa shape index (κ2) is 4.47. The highest BCUT2D eigenvalue weighted by Crippen LogP contribution is 2.57. The van der Waals surface area contributed by atoms with Crippen LogP contribution in [0.5, 0.6) is 5.75 Å². The van der Waals surface area contributed by atoms with Crippen LogP contribution in [0.25, 0.3) is 0 Å². The number of benzene rings is 1. The van der Waals surface area contributed by atoms with Crippen LogP contribution < -0.4 is 0 Å². The van der Waals surface area contributed by atoms with Gasteiger partial charge in [-0.05, 0) is 49.7 Å². The summed E-state index contributed by atoms with van der Waals surface area (Å²) in [5, 5.41) is 20.7. The summed E-state index contributed by atoms with van der Waals surface area (Å²) in [4.78, 5) is 13.3. The van der Waals surface area contributed by atoms with Gasteiger partial charge in [0.15, 0.2) is 0 Å². The lowest BCUT2D eigenvalue weighted by Crippen LogP contribution is -2.61. The van der Waals surface area contributed by atoms with E-state index in [4.69, 9.17) is 0 Å². The lowest BCUT2D eigenvalue weighted by molar-refractivity contribution is -0.128. The van der Waals surface area contributed by atoms with Gasteiger partial charge >= 0.3 is 0 Å². The fourth-order valence-corrected chi connectivity index (χ4v) is 5.26. The highest BCUT2D eigenvalue weighted by molar-refractivity contribution is 5.54. The maximum atomic E-state index is 11.4. The smallest absolute Gasteiger partial charge is 0.209 e. The molecule has 4 atom stereocenters. The van der Waals surface area contributed by atoms with Crippen LogP contribution in [0.4, 0.5) is 0 Å². The zero-order valence-corrected chi connectivity index (χ0v) is 12.0. The first-order valence-corrected chi connectivity index (χ1v) is 7.86. The number of phenolic OH excluding ortho intramolecular Hbond substituents is 1. The summed E-state index contributed by atoms with van der Waals surface area (Å²) < 4.78 is 0. The van der Waals surface area contributed by atoms with Crippen LogP contribution in [-0.2, 0) is 16.6 Å². The average molecular weight is 287 g/mol. The predicted molar refractivity (Wildman–Crippen MR) is 78.0 cm³/mol. The van der Waals surface area contributed by atoms with Crippen molar-refractivity contribution < 1.29 is 15.0 Å². The molecule has 3 aliphatic rings. The van der Waals surface area contributed by atoms with E-state index in [1.165, 1.54) is 0 Å². The number of aromatic hydroxyl groups is 1. The summed E-state index contributed by atoms with van der Waals surface area (Å²) in [5.74, 6) is 0.727. The molecule has 2 fully saturated rings. The monoisotopic (exact) mass is 287 g/mol. The minimum Gasteiger partial charge on any atom is -0.508 e. The van der Waals surface area contributed by atoms with E-state index >= 15 is 0 Å². The predicted octanol–water partition coefficient (Wildman–Crippen LogP) is 1.58. The van der Waals surface area contributed by atoms with Gasteiger partial charge in [0.1, 0.15) is 5.75 Å². The Labute approximate surface area is 124 Å². The number of likely N-dealkylation sites (tertiary alicyclic amines) is 1. The van der Waals surface area contributed by atoms with E-state index in [-0.39, 0.29) is 17.6 Å².